The molecule has 0 bridgehead atoms. The van der Waals surface area contributed by atoms with Gasteiger partial charge in [0.25, 0.3) is 5.56 Å². The molecule has 0 aliphatic carbocycles. The zero-order chi connectivity index (χ0) is 12.6. The van der Waals surface area contributed by atoms with Crippen LogP contribution in [-0.2, 0) is 7.05 Å². The average Bonchev–Trinajstić information content (AvgIpc) is 2.30. The molecule has 0 amide bonds. The highest BCUT2D eigenvalue weighted by Gasteiger charge is 2.10. The van der Waals surface area contributed by atoms with Crippen molar-refractivity contribution in [2.24, 2.45) is 7.05 Å². The van der Waals surface area contributed by atoms with E-state index in [9.17, 15) is 9.18 Å². The molecule has 0 N–H and O–H groups in total. The van der Waals surface area contributed by atoms with Crippen LogP contribution in [0.15, 0.2) is 33.8 Å². The molecule has 0 aliphatic heterocycles. The third kappa shape index (κ3) is 2.15. The molecular weight excluding hydrogens is 287 g/mol. The lowest BCUT2D eigenvalue weighted by Gasteiger charge is -2.06. The molecule has 2 aromatic rings. The third-order valence-electron chi connectivity index (χ3n) is 2.51. The fourth-order valence-electron chi connectivity index (χ4n) is 1.50. The number of aryl methyl sites for hydroxylation is 2. The lowest BCUT2D eigenvalue weighted by Crippen LogP contribution is -2.18. The fraction of sp³-hybridized carbons (Fsp3) is 0.167. The van der Waals surface area contributed by atoms with Gasteiger partial charge in [-0.2, -0.15) is 0 Å². The number of hydrogen-bond donors (Lipinski definition) is 0. The smallest absolute Gasteiger partial charge is 0.267 e. The third-order valence-corrected chi connectivity index (χ3v) is 3.22. The summed E-state index contributed by atoms with van der Waals surface area (Å²) in [4.78, 5) is 15.9. The summed E-state index contributed by atoms with van der Waals surface area (Å²) >= 11 is 3.22. The van der Waals surface area contributed by atoms with Gasteiger partial charge in [-0.25, -0.2) is 9.37 Å². The van der Waals surface area contributed by atoms with Crippen molar-refractivity contribution in [1.29, 1.82) is 0 Å². The normalized spacial score (nSPS) is 10.6. The summed E-state index contributed by atoms with van der Waals surface area (Å²) in [6.45, 7) is 1.67. The Hall–Kier alpha value is -1.49. The summed E-state index contributed by atoms with van der Waals surface area (Å²) < 4.78 is 14.9. The van der Waals surface area contributed by atoms with E-state index in [1.54, 1.807) is 26.1 Å². The first-order valence-electron chi connectivity index (χ1n) is 4.98. The van der Waals surface area contributed by atoms with E-state index < -0.39 is 0 Å². The average molecular weight is 297 g/mol. The predicted octanol–water partition coefficient (Wildman–Crippen LogP) is 2.66. The Balaban J connectivity index is 2.65. The molecule has 3 nitrogen and oxygen atoms in total. The minimum Gasteiger partial charge on any atom is -0.301 e. The molecule has 0 unspecified atom stereocenters. The molecular formula is C12H10BrFN2O. The number of halogens is 2. The molecule has 0 aliphatic rings. The van der Waals surface area contributed by atoms with Crippen LogP contribution >= 0.6 is 15.9 Å². The van der Waals surface area contributed by atoms with Crippen LogP contribution < -0.4 is 5.56 Å². The van der Waals surface area contributed by atoms with Crippen molar-refractivity contribution in [3.63, 3.8) is 0 Å². The minimum absolute atomic E-state index is 0.169. The number of hydrogen-bond acceptors (Lipinski definition) is 2. The van der Waals surface area contributed by atoms with Gasteiger partial charge in [0.15, 0.2) is 0 Å². The van der Waals surface area contributed by atoms with Gasteiger partial charge in [-0.1, -0.05) is 0 Å². The topological polar surface area (TPSA) is 34.9 Å². The summed E-state index contributed by atoms with van der Waals surface area (Å²) in [5, 5.41) is 0. The Kier molecular flexibility index (Phi) is 3.11. The molecule has 0 radical (unpaired) electrons. The fourth-order valence-corrected chi connectivity index (χ4v) is 2.11. The molecule has 1 aromatic heterocycles. The van der Waals surface area contributed by atoms with Gasteiger partial charge >= 0.3 is 0 Å². The second kappa shape index (κ2) is 4.41. The lowest BCUT2D eigenvalue weighted by molar-refractivity contribution is 0.618. The Morgan fingerprint density at radius 1 is 1.41 bits per heavy atom. The van der Waals surface area contributed by atoms with Gasteiger partial charge in [-0.05, 0) is 46.6 Å². The van der Waals surface area contributed by atoms with E-state index in [-0.39, 0.29) is 11.4 Å². The summed E-state index contributed by atoms with van der Waals surface area (Å²) in [5.41, 5.74) is 1.60. The summed E-state index contributed by atoms with van der Waals surface area (Å²) in [6, 6.07) is 4.65. The Morgan fingerprint density at radius 3 is 2.76 bits per heavy atom. The molecule has 0 spiro atoms. The largest absolute Gasteiger partial charge is 0.301 e. The zero-order valence-electron chi connectivity index (χ0n) is 9.37. The van der Waals surface area contributed by atoms with Crippen LogP contribution in [-0.4, -0.2) is 9.55 Å². The number of benzene rings is 1. The molecule has 0 fully saturated rings. The maximum absolute atomic E-state index is 13.2. The molecule has 5 heteroatoms. The second-order valence-electron chi connectivity index (χ2n) is 3.79. The Morgan fingerprint density at radius 2 is 2.12 bits per heavy atom. The lowest BCUT2D eigenvalue weighted by atomic mass is 10.1. The van der Waals surface area contributed by atoms with E-state index in [4.69, 9.17) is 0 Å². The van der Waals surface area contributed by atoms with Gasteiger partial charge in [0.1, 0.15) is 10.3 Å². The maximum atomic E-state index is 13.2. The summed E-state index contributed by atoms with van der Waals surface area (Å²) in [5.74, 6) is -0.270. The van der Waals surface area contributed by atoms with Gasteiger partial charge in [-0.15, -0.1) is 0 Å². The van der Waals surface area contributed by atoms with E-state index in [0.29, 0.717) is 21.3 Å². The van der Waals surface area contributed by atoms with Gasteiger partial charge in [0, 0.05) is 12.6 Å². The number of nitrogens with zero attached hydrogens (tertiary/aromatic N) is 2. The first-order valence-corrected chi connectivity index (χ1v) is 5.77. The Bertz CT molecular complexity index is 637. The summed E-state index contributed by atoms with van der Waals surface area (Å²) in [7, 11) is 1.62. The van der Waals surface area contributed by atoms with E-state index in [1.807, 2.05) is 0 Å². The van der Waals surface area contributed by atoms with E-state index in [0.717, 1.165) is 0 Å². The maximum Gasteiger partial charge on any atom is 0.267 e. The monoisotopic (exact) mass is 296 g/mol. The Labute approximate surface area is 106 Å². The molecule has 0 saturated heterocycles. The molecule has 1 heterocycles. The van der Waals surface area contributed by atoms with Crippen molar-refractivity contribution in [2.75, 3.05) is 0 Å². The molecule has 2 rings (SSSR count). The van der Waals surface area contributed by atoms with Gasteiger partial charge < -0.3 is 4.57 Å². The number of aromatic nitrogens is 2. The van der Waals surface area contributed by atoms with E-state index >= 15 is 0 Å². The van der Waals surface area contributed by atoms with E-state index in [2.05, 4.69) is 20.9 Å². The van der Waals surface area contributed by atoms with Crippen LogP contribution in [0.1, 0.15) is 5.56 Å². The van der Waals surface area contributed by atoms with Crippen molar-refractivity contribution in [2.45, 2.75) is 6.92 Å². The second-order valence-corrected chi connectivity index (χ2v) is 4.58. The zero-order valence-corrected chi connectivity index (χ0v) is 11.0. The van der Waals surface area contributed by atoms with E-state index in [1.165, 1.54) is 17.0 Å². The van der Waals surface area contributed by atoms with Crippen LogP contribution in [0.25, 0.3) is 11.3 Å². The quantitative estimate of drug-likeness (QED) is 0.811. The molecule has 0 atom stereocenters. The summed E-state index contributed by atoms with van der Waals surface area (Å²) in [6.07, 6.45) is 1.45. The molecule has 1 aromatic carbocycles. The highest BCUT2D eigenvalue weighted by Crippen LogP contribution is 2.24. The van der Waals surface area contributed by atoms with Crippen LogP contribution in [0.4, 0.5) is 4.39 Å². The standard InChI is InChI=1S/C12H10BrFN2O/c1-7-5-8(3-4-9(7)14)11-10(13)12(17)16(2)6-15-11/h3-6H,1-2H3. The molecule has 88 valence electrons. The van der Waals surface area contributed by atoms with Crippen LogP contribution in [0.3, 0.4) is 0 Å². The van der Waals surface area contributed by atoms with Crippen molar-refractivity contribution in [3.8, 4) is 11.3 Å². The molecule has 17 heavy (non-hydrogen) atoms. The van der Waals surface area contributed by atoms with Crippen molar-refractivity contribution < 1.29 is 4.39 Å². The van der Waals surface area contributed by atoms with Gasteiger partial charge in [0.2, 0.25) is 0 Å². The van der Waals surface area contributed by atoms with Crippen molar-refractivity contribution >= 4 is 15.9 Å². The highest BCUT2D eigenvalue weighted by molar-refractivity contribution is 9.10. The highest BCUT2D eigenvalue weighted by atomic mass is 79.9. The van der Waals surface area contributed by atoms with Crippen LogP contribution in [0.2, 0.25) is 0 Å². The predicted molar refractivity (Wildman–Crippen MR) is 67.3 cm³/mol. The first kappa shape index (κ1) is 12.0. The van der Waals surface area contributed by atoms with Crippen molar-refractivity contribution in [3.05, 3.63) is 50.7 Å². The van der Waals surface area contributed by atoms with Gasteiger partial charge in [-0.3, -0.25) is 4.79 Å². The van der Waals surface area contributed by atoms with Gasteiger partial charge in [0.05, 0.1) is 12.0 Å². The SMILES string of the molecule is Cc1cc(-c2ncn(C)c(=O)c2Br)ccc1F. The first-order chi connectivity index (χ1) is 8.00. The van der Waals surface area contributed by atoms with Crippen LogP contribution in [0.5, 0.6) is 0 Å². The molecule has 0 saturated carbocycles. The minimum atomic E-state index is -0.270. The van der Waals surface area contributed by atoms with Crippen LogP contribution in [0, 0.1) is 12.7 Å². The van der Waals surface area contributed by atoms with Crippen molar-refractivity contribution in [1.82, 2.24) is 9.55 Å². The number of rotatable bonds is 1.